The molecule has 56 valence electrons. The van der Waals surface area contributed by atoms with E-state index in [4.69, 9.17) is 0 Å². The van der Waals surface area contributed by atoms with Gasteiger partial charge in [0.05, 0.1) is 0 Å². The van der Waals surface area contributed by atoms with Gasteiger partial charge in [-0.1, -0.05) is 6.92 Å². The largest absolute Gasteiger partial charge is 0.402 e. The van der Waals surface area contributed by atoms with Crippen LogP contribution in [-0.4, -0.2) is 19.3 Å². The quantitative estimate of drug-likeness (QED) is 0.447. The lowest BCUT2D eigenvalue weighted by Crippen LogP contribution is -2.38. The molecule has 0 fully saturated rings. The molecule has 0 heterocycles. The number of hydrogen-bond acceptors (Lipinski definition) is 2. The first-order chi connectivity index (χ1) is 4.06. The van der Waals surface area contributed by atoms with Crippen molar-refractivity contribution in [3.63, 3.8) is 0 Å². The van der Waals surface area contributed by atoms with Crippen LogP contribution in [0.3, 0.4) is 0 Å². The Morgan fingerprint density at radius 2 is 1.78 bits per heavy atom. The van der Waals surface area contributed by atoms with Gasteiger partial charge in [-0.2, -0.15) is 13.2 Å². The van der Waals surface area contributed by atoms with Crippen LogP contribution in [0.1, 0.15) is 6.92 Å². The highest BCUT2D eigenvalue weighted by Gasteiger charge is 2.25. The van der Waals surface area contributed by atoms with Gasteiger partial charge in [-0.3, -0.25) is 5.43 Å². The van der Waals surface area contributed by atoms with E-state index in [1.165, 1.54) is 0 Å². The first-order valence-corrected chi connectivity index (χ1v) is 2.58. The van der Waals surface area contributed by atoms with Crippen LogP contribution in [0.5, 0.6) is 0 Å². The second-order valence-electron chi connectivity index (χ2n) is 1.50. The number of rotatable bonds is 3. The predicted molar refractivity (Wildman–Crippen MR) is 27.7 cm³/mol. The van der Waals surface area contributed by atoms with Crippen LogP contribution < -0.4 is 10.9 Å². The Kier molecular flexibility index (Phi) is 3.56. The van der Waals surface area contributed by atoms with Crippen molar-refractivity contribution in [3.05, 3.63) is 0 Å². The third-order valence-corrected chi connectivity index (χ3v) is 0.591. The van der Waals surface area contributed by atoms with Gasteiger partial charge in [0.1, 0.15) is 6.54 Å². The monoisotopic (exact) mass is 142 g/mol. The predicted octanol–water partition coefficient (Wildman–Crippen LogP) is 0.663. The number of hydrogen-bond donors (Lipinski definition) is 2. The molecule has 0 spiro atoms. The van der Waals surface area contributed by atoms with Crippen LogP contribution in [-0.2, 0) is 0 Å². The Morgan fingerprint density at radius 1 is 1.22 bits per heavy atom. The molecule has 0 saturated heterocycles. The number of halogens is 3. The SMILES string of the molecule is CCNNCC(F)(F)F. The van der Waals surface area contributed by atoms with Gasteiger partial charge in [-0.25, -0.2) is 5.43 Å². The van der Waals surface area contributed by atoms with Crippen LogP contribution in [0.25, 0.3) is 0 Å². The molecule has 9 heavy (non-hydrogen) atoms. The van der Waals surface area contributed by atoms with Crippen LogP contribution in [0.15, 0.2) is 0 Å². The second kappa shape index (κ2) is 3.68. The van der Waals surface area contributed by atoms with E-state index < -0.39 is 12.7 Å². The Bertz CT molecular complexity index is 70.7. The van der Waals surface area contributed by atoms with Crippen molar-refractivity contribution in [2.75, 3.05) is 13.1 Å². The maximum Gasteiger partial charge on any atom is 0.402 e. The van der Waals surface area contributed by atoms with Crippen molar-refractivity contribution in [2.45, 2.75) is 13.1 Å². The topological polar surface area (TPSA) is 24.1 Å². The summed E-state index contributed by atoms with van der Waals surface area (Å²) in [5, 5.41) is 0. The molecule has 0 aromatic heterocycles. The standard InChI is InChI=1S/C4H9F3N2/c1-2-8-9-3-4(5,6)7/h8-9H,2-3H2,1H3. The molecule has 0 aliphatic rings. The summed E-state index contributed by atoms with van der Waals surface area (Å²) in [6, 6.07) is 0. The Morgan fingerprint density at radius 3 is 2.11 bits per heavy atom. The Balaban J connectivity index is 3.07. The van der Waals surface area contributed by atoms with Gasteiger partial charge < -0.3 is 0 Å². The van der Waals surface area contributed by atoms with Gasteiger partial charge in [0.2, 0.25) is 0 Å². The molecule has 0 aromatic rings. The molecule has 0 unspecified atom stereocenters. The number of alkyl halides is 3. The lowest BCUT2D eigenvalue weighted by atomic mass is 10.7. The van der Waals surface area contributed by atoms with Gasteiger partial charge in [0.25, 0.3) is 0 Å². The molecule has 2 nitrogen and oxygen atoms in total. The summed E-state index contributed by atoms with van der Waals surface area (Å²) in [5.74, 6) is 0. The summed E-state index contributed by atoms with van der Waals surface area (Å²) in [4.78, 5) is 0. The molecule has 2 N–H and O–H groups in total. The van der Waals surface area contributed by atoms with Crippen molar-refractivity contribution in [2.24, 2.45) is 0 Å². The Hall–Kier alpha value is -0.290. The minimum Gasteiger partial charge on any atom is -0.258 e. The number of nitrogens with one attached hydrogen (secondary N) is 2. The van der Waals surface area contributed by atoms with E-state index >= 15 is 0 Å². The second-order valence-corrected chi connectivity index (χ2v) is 1.50. The molecule has 0 aromatic carbocycles. The fourth-order valence-corrected chi connectivity index (χ4v) is 0.288. The van der Waals surface area contributed by atoms with Gasteiger partial charge in [-0.05, 0) is 0 Å². The molecule has 0 saturated carbocycles. The van der Waals surface area contributed by atoms with E-state index in [-0.39, 0.29) is 0 Å². The Labute approximate surface area is 51.4 Å². The van der Waals surface area contributed by atoms with Gasteiger partial charge in [-0.15, -0.1) is 0 Å². The van der Waals surface area contributed by atoms with Crippen LogP contribution in [0.4, 0.5) is 13.2 Å². The van der Waals surface area contributed by atoms with Gasteiger partial charge in [0.15, 0.2) is 0 Å². The van der Waals surface area contributed by atoms with Gasteiger partial charge in [0, 0.05) is 6.54 Å². The van der Waals surface area contributed by atoms with Crippen LogP contribution >= 0.6 is 0 Å². The first kappa shape index (κ1) is 8.71. The van der Waals surface area contributed by atoms with E-state index in [2.05, 4.69) is 5.43 Å². The van der Waals surface area contributed by atoms with Crippen LogP contribution in [0.2, 0.25) is 0 Å². The van der Waals surface area contributed by atoms with Crippen molar-refractivity contribution in [3.8, 4) is 0 Å². The van der Waals surface area contributed by atoms with E-state index in [0.717, 1.165) is 0 Å². The van der Waals surface area contributed by atoms with E-state index in [1.54, 1.807) is 6.92 Å². The fourth-order valence-electron chi connectivity index (χ4n) is 0.288. The highest BCUT2D eigenvalue weighted by atomic mass is 19.4. The fraction of sp³-hybridized carbons (Fsp3) is 1.00. The summed E-state index contributed by atoms with van der Waals surface area (Å²) < 4.78 is 33.8. The summed E-state index contributed by atoms with van der Waals surface area (Å²) in [5.41, 5.74) is 4.33. The van der Waals surface area contributed by atoms with Crippen LogP contribution in [0, 0.1) is 0 Å². The molecule has 0 radical (unpaired) electrons. The highest BCUT2D eigenvalue weighted by molar-refractivity contribution is 4.50. The van der Waals surface area contributed by atoms with Crippen molar-refractivity contribution in [1.82, 2.24) is 10.9 Å². The molecule has 0 bridgehead atoms. The lowest BCUT2D eigenvalue weighted by molar-refractivity contribution is -0.126. The molecular formula is C4H9F3N2. The molecule has 0 aliphatic carbocycles. The van der Waals surface area contributed by atoms with E-state index in [9.17, 15) is 13.2 Å². The minimum absolute atomic E-state index is 0.482. The van der Waals surface area contributed by atoms with Crippen molar-refractivity contribution >= 4 is 0 Å². The average Bonchev–Trinajstić information content (AvgIpc) is 1.63. The third kappa shape index (κ3) is 7.71. The van der Waals surface area contributed by atoms with Crippen molar-refractivity contribution < 1.29 is 13.2 Å². The minimum atomic E-state index is -4.12. The van der Waals surface area contributed by atoms with Gasteiger partial charge >= 0.3 is 6.18 Å². The smallest absolute Gasteiger partial charge is 0.258 e. The normalized spacial score (nSPS) is 12.0. The first-order valence-electron chi connectivity index (χ1n) is 2.58. The zero-order valence-corrected chi connectivity index (χ0v) is 5.05. The summed E-state index contributed by atoms with van der Waals surface area (Å²) >= 11 is 0. The zero-order valence-electron chi connectivity index (χ0n) is 5.05. The molecule has 0 atom stereocenters. The lowest BCUT2D eigenvalue weighted by Gasteiger charge is -2.06. The van der Waals surface area contributed by atoms with E-state index in [1.807, 2.05) is 5.43 Å². The molecule has 0 aliphatic heterocycles. The zero-order chi connectivity index (χ0) is 7.33. The molecular weight excluding hydrogens is 133 g/mol. The molecule has 5 heteroatoms. The maximum absolute atomic E-state index is 11.3. The van der Waals surface area contributed by atoms with Crippen molar-refractivity contribution in [1.29, 1.82) is 0 Å². The summed E-state index contributed by atoms with van der Waals surface area (Å²) in [7, 11) is 0. The summed E-state index contributed by atoms with van der Waals surface area (Å²) in [6.45, 7) is 1.21. The van der Waals surface area contributed by atoms with E-state index in [0.29, 0.717) is 6.54 Å². The summed E-state index contributed by atoms with van der Waals surface area (Å²) in [6.07, 6.45) is -4.12. The number of hydrazine groups is 1. The molecule has 0 amide bonds. The average molecular weight is 142 g/mol. The third-order valence-electron chi connectivity index (χ3n) is 0.591. The maximum atomic E-state index is 11.3. The highest BCUT2D eigenvalue weighted by Crippen LogP contribution is 2.11. The molecule has 0 rings (SSSR count).